The second-order valence-electron chi connectivity index (χ2n) is 35.9. The first-order valence-corrected chi connectivity index (χ1v) is 38.9. The van der Waals surface area contributed by atoms with Crippen molar-refractivity contribution in [2.75, 3.05) is 0 Å². The number of thioether (sulfide) groups is 6. The number of aromatic hydroxyl groups is 2. The van der Waals surface area contributed by atoms with E-state index in [1.807, 2.05) is 24.3 Å². The van der Waals surface area contributed by atoms with Gasteiger partial charge in [-0.2, -0.15) is 0 Å². The van der Waals surface area contributed by atoms with Crippen molar-refractivity contribution in [3.05, 3.63) is 46.5 Å². The molecule has 24 heteroatoms. The summed E-state index contributed by atoms with van der Waals surface area (Å²) in [4.78, 5) is 84.9. The van der Waals surface area contributed by atoms with Gasteiger partial charge in [-0.1, -0.05) is 278 Å². The predicted molar refractivity (Wildman–Crippen MR) is 421 cm³/mol. The summed E-state index contributed by atoms with van der Waals surface area (Å²) < 4.78 is -1.56. The number of rotatable bonds is 8. The molecule has 0 amide bonds. The van der Waals surface area contributed by atoms with Gasteiger partial charge in [-0.3, -0.25) is 0 Å². The Morgan fingerprint density at radius 1 is 0.240 bits per heavy atom. The van der Waals surface area contributed by atoms with Crippen molar-refractivity contribution in [2.24, 2.45) is 0 Å². The Morgan fingerprint density at radius 2 is 0.430 bits per heavy atom. The third kappa shape index (κ3) is 16.3. The number of nitrogens with zero attached hydrogens (tertiary/aromatic N) is 14. The summed E-state index contributed by atoms with van der Waals surface area (Å²) in [5.74, 6) is 1.31. The first-order chi connectivity index (χ1) is 45.5. The lowest BCUT2D eigenvalue weighted by Crippen LogP contribution is -2.18. The number of benzene rings is 2. The molecule has 4 N–H and O–H groups in total. The minimum absolute atomic E-state index is 0.176. The Hall–Kier alpha value is -6.18. The topological polar surface area (TPSA) is 252 Å². The zero-order chi connectivity index (χ0) is 73.9. The number of H-pyrrole nitrogens is 2. The van der Waals surface area contributed by atoms with Gasteiger partial charge in [-0.25, -0.2) is 69.8 Å². The lowest BCUT2D eigenvalue weighted by atomic mass is 9.77. The molecule has 0 radical (unpaired) electrons. The van der Waals surface area contributed by atoms with E-state index in [-0.39, 0.29) is 63.3 Å². The summed E-state index contributed by atoms with van der Waals surface area (Å²) in [5, 5.41) is 29.1. The standard InChI is InChI=1S/C76H98N16O2S6/c1-67(2,3)37-31-35(32-38(51(37)93)68(4,5)6)41-42(36-33-39(69(7,8)9)52(94)40(34-36)70(10,11)12)78-44-43(77-41)53-85-54(44)87-56-46-48(82-64(98-74(22,23)24)62(80-46)96-72(16,17)18)58(89-56)91-60-50-49(83-65(99-75(25,26)27)66(84-50)100-76(28,29)30)59(92-60)90-57-47-45(55(86-53)88-57)79-61(95-71(13,14)15)63(81-47)97-73(19,20)21/h31-34,93-94H,1-30H3,(H2,85,86,87,88,89,90,91,92). The lowest BCUT2D eigenvalue weighted by molar-refractivity contribution is 0.422. The summed E-state index contributed by atoms with van der Waals surface area (Å²) in [7, 11) is 0. The van der Waals surface area contributed by atoms with E-state index in [0.717, 1.165) is 52.4 Å². The van der Waals surface area contributed by atoms with Gasteiger partial charge < -0.3 is 20.2 Å². The van der Waals surface area contributed by atoms with Gasteiger partial charge in [0.2, 0.25) is 0 Å². The Balaban J connectivity index is 1.39. The zero-order valence-electron chi connectivity index (χ0n) is 63.9. The molecule has 8 bridgehead atoms. The third-order valence-electron chi connectivity index (χ3n) is 15.3. The minimum Gasteiger partial charge on any atom is -0.507 e. The third-order valence-corrected chi connectivity index (χ3v) is 22.3. The van der Waals surface area contributed by atoms with Gasteiger partial charge in [-0.05, 0) is 45.9 Å². The number of nitrogens with one attached hydrogen (secondary N) is 2. The number of aromatic nitrogens is 16. The molecule has 0 fully saturated rings. The molecular weight excluding hydrogens is 1360 g/mol. The van der Waals surface area contributed by atoms with Crippen molar-refractivity contribution in [1.82, 2.24) is 79.7 Å². The molecule has 0 aliphatic carbocycles. The summed E-state index contributed by atoms with van der Waals surface area (Å²) in [5.41, 5.74) is 7.90. The van der Waals surface area contributed by atoms with E-state index in [1.54, 1.807) is 70.6 Å². The van der Waals surface area contributed by atoms with Crippen molar-refractivity contribution in [3.8, 4) is 80.1 Å². The molecule has 2 aliphatic heterocycles. The van der Waals surface area contributed by atoms with Crippen LogP contribution in [0.4, 0.5) is 0 Å². The van der Waals surface area contributed by atoms with Crippen LogP contribution in [0.15, 0.2) is 54.4 Å². The summed E-state index contributed by atoms with van der Waals surface area (Å²) in [6, 6.07) is 8.12. The van der Waals surface area contributed by atoms with Crippen molar-refractivity contribution in [3.63, 3.8) is 0 Å². The van der Waals surface area contributed by atoms with E-state index in [9.17, 15) is 10.2 Å². The van der Waals surface area contributed by atoms with Crippen LogP contribution in [0.1, 0.15) is 230 Å². The molecule has 11 rings (SSSR count). The highest BCUT2D eigenvalue weighted by molar-refractivity contribution is 8.04. The molecule has 9 heterocycles. The molecule has 7 aromatic heterocycles. The number of phenols is 2. The molecule has 2 aromatic carbocycles. The van der Waals surface area contributed by atoms with Crippen LogP contribution < -0.4 is 0 Å². The highest BCUT2D eigenvalue weighted by Crippen LogP contribution is 2.51. The average Bonchev–Trinajstić information content (AvgIpc) is 1.43. The molecule has 100 heavy (non-hydrogen) atoms. The largest absolute Gasteiger partial charge is 0.507 e. The first kappa shape index (κ1) is 75.0. The second kappa shape index (κ2) is 25.3. The number of phenolic OH excluding ortho intramolecular Hbond substituents is 2. The molecule has 0 unspecified atom stereocenters. The summed E-state index contributed by atoms with van der Waals surface area (Å²) >= 11 is 9.80. The van der Waals surface area contributed by atoms with Crippen LogP contribution in [-0.2, 0) is 21.7 Å². The average molecular weight is 1460 g/mol. The molecule has 0 saturated heterocycles. The normalized spacial score (nSPS) is 13.8. The molecule has 530 valence electrons. The van der Waals surface area contributed by atoms with Gasteiger partial charge in [0.05, 0.1) is 11.4 Å². The van der Waals surface area contributed by atoms with E-state index in [4.69, 9.17) is 69.8 Å². The van der Waals surface area contributed by atoms with Crippen LogP contribution in [-0.4, -0.2) is 118 Å². The maximum absolute atomic E-state index is 12.4. The summed E-state index contributed by atoms with van der Waals surface area (Å²) in [6.07, 6.45) is 0. The molecule has 9 aromatic rings. The lowest BCUT2D eigenvalue weighted by Gasteiger charge is -2.29. The fraction of sp³-hybridized carbons (Fsp3) is 0.526. The van der Waals surface area contributed by atoms with Crippen molar-refractivity contribution >= 4 is 115 Å². The molecule has 0 saturated carbocycles. The zero-order valence-corrected chi connectivity index (χ0v) is 68.8. The highest BCUT2D eigenvalue weighted by Gasteiger charge is 2.37. The quantitative estimate of drug-likeness (QED) is 0.103. The molecular formula is C76H98N16O2S6. The van der Waals surface area contributed by atoms with E-state index >= 15 is 0 Å². The Bertz CT molecular complexity index is 4620. The second-order valence-corrected chi connectivity index (χ2v) is 46.8. The van der Waals surface area contributed by atoms with Gasteiger partial charge in [0.25, 0.3) is 0 Å². The Kier molecular flexibility index (Phi) is 19.0. The fourth-order valence-electron chi connectivity index (χ4n) is 11.2. The molecule has 0 atom stereocenters. The molecule has 18 nitrogen and oxygen atoms in total. The van der Waals surface area contributed by atoms with Crippen LogP contribution >= 0.6 is 70.6 Å². The van der Waals surface area contributed by atoms with Crippen LogP contribution in [0.2, 0.25) is 0 Å². The van der Waals surface area contributed by atoms with E-state index in [1.165, 1.54) is 0 Å². The van der Waals surface area contributed by atoms with Crippen LogP contribution in [0, 0.1) is 0 Å². The van der Waals surface area contributed by atoms with Crippen molar-refractivity contribution in [2.45, 2.75) is 288 Å². The monoisotopic (exact) mass is 1460 g/mol. The van der Waals surface area contributed by atoms with Crippen LogP contribution in [0.5, 0.6) is 11.5 Å². The predicted octanol–water partition coefficient (Wildman–Crippen LogP) is 21.3. The van der Waals surface area contributed by atoms with E-state index in [2.05, 4.69) is 218 Å². The van der Waals surface area contributed by atoms with Gasteiger partial charge >= 0.3 is 0 Å². The highest BCUT2D eigenvalue weighted by atomic mass is 32.2. The Labute approximate surface area is 615 Å². The number of hydrogen-bond acceptors (Lipinski definition) is 22. The smallest absolute Gasteiger partial charge is 0.184 e. The van der Waals surface area contributed by atoms with Crippen LogP contribution in [0.25, 0.3) is 113 Å². The van der Waals surface area contributed by atoms with Crippen LogP contribution in [0.3, 0.4) is 0 Å². The minimum atomic E-state index is -0.511. The molecule has 2 aliphatic rings. The number of hydrogen-bond donors (Lipinski definition) is 4. The van der Waals surface area contributed by atoms with E-state index < -0.39 is 21.7 Å². The maximum atomic E-state index is 12.4. The van der Waals surface area contributed by atoms with Gasteiger partial charge in [-0.15, -0.1) is 0 Å². The molecule has 0 spiro atoms. The SMILES string of the molecule is CC(C)(C)Sc1nc2c(nc1SC(C)(C)C)-c1nc-2nc2[nH]c(nc3nc(nc4[nH]c(n1)c1nc(SC(C)(C)C)c(SC(C)(C)C)nc41)-c1nc(-c4cc(C(C)(C)C)c(O)c(C(C)(C)C)c4)c(-c4cc(C(C)(C)C)c(O)c(C(C)(C)C)c4)nc1-3)c1nc(SC(C)(C)C)c(SC(C)(C)C)nc21. The summed E-state index contributed by atoms with van der Waals surface area (Å²) in [6.45, 7) is 64.2. The maximum Gasteiger partial charge on any atom is 0.184 e. The first-order valence-electron chi connectivity index (χ1n) is 34.0. The Morgan fingerprint density at radius 3 is 0.620 bits per heavy atom. The van der Waals surface area contributed by atoms with Gasteiger partial charge in [0.15, 0.2) is 45.9 Å². The van der Waals surface area contributed by atoms with Gasteiger partial charge in [0, 0.05) is 61.9 Å². The number of fused-ring (bicyclic) bond motifs is 20. The number of aromatic amines is 2. The van der Waals surface area contributed by atoms with E-state index in [0.29, 0.717) is 89.9 Å². The van der Waals surface area contributed by atoms with Crippen molar-refractivity contribution in [1.29, 1.82) is 0 Å². The van der Waals surface area contributed by atoms with Gasteiger partial charge in [0.1, 0.15) is 86.5 Å². The van der Waals surface area contributed by atoms with Crippen molar-refractivity contribution < 1.29 is 10.2 Å². The fourth-order valence-corrected chi connectivity index (χ4v) is 17.1.